The second-order valence-corrected chi connectivity index (χ2v) is 6.10. The first-order valence-electron chi connectivity index (χ1n) is 6.88. The first-order chi connectivity index (χ1) is 8.72. The predicted molar refractivity (Wildman–Crippen MR) is 80.8 cm³/mol. The molecule has 0 saturated carbocycles. The summed E-state index contributed by atoms with van der Waals surface area (Å²) < 4.78 is 1.16. The van der Waals surface area contributed by atoms with Crippen LogP contribution in [0.3, 0.4) is 0 Å². The number of hydrogen-bond acceptors (Lipinski definition) is 2. The minimum atomic E-state index is 0.561. The Kier molecular flexibility index (Phi) is 5.22. The van der Waals surface area contributed by atoms with Crippen molar-refractivity contribution in [1.29, 1.82) is 0 Å². The lowest BCUT2D eigenvalue weighted by atomic mass is 9.85. The molecule has 1 aromatic rings. The number of nitrogens with zero attached hydrogens (tertiary/aromatic N) is 1. The van der Waals surface area contributed by atoms with E-state index in [1.807, 2.05) is 0 Å². The topological polar surface area (TPSA) is 15.3 Å². The number of piperidine rings is 1. The maximum Gasteiger partial charge on any atom is 0.0385 e. The van der Waals surface area contributed by atoms with Gasteiger partial charge in [0.2, 0.25) is 0 Å². The average molecular weight is 311 g/mol. The maximum absolute atomic E-state index is 3.52. The summed E-state index contributed by atoms with van der Waals surface area (Å²) in [6.07, 6.45) is 2.65. The average Bonchev–Trinajstić information content (AvgIpc) is 2.38. The lowest BCUT2D eigenvalue weighted by Crippen LogP contribution is -2.40. The van der Waals surface area contributed by atoms with Gasteiger partial charge in [-0.2, -0.15) is 0 Å². The highest BCUT2D eigenvalue weighted by Crippen LogP contribution is 2.35. The van der Waals surface area contributed by atoms with Gasteiger partial charge in [0.05, 0.1) is 0 Å². The van der Waals surface area contributed by atoms with Gasteiger partial charge >= 0.3 is 0 Å². The van der Waals surface area contributed by atoms with E-state index >= 15 is 0 Å². The number of halogens is 1. The minimum absolute atomic E-state index is 0.561. The summed E-state index contributed by atoms with van der Waals surface area (Å²) in [5, 5.41) is 3.51. The normalized spacial score (nSPS) is 25.3. The minimum Gasteiger partial charge on any atom is -0.317 e. The Hall–Kier alpha value is -0.380. The predicted octanol–water partition coefficient (Wildman–Crippen LogP) is 3.44. The molecule has 2 rings (SSSR count). The van der Waals surface area contributed by atoms with Crippen molar-refractivity contribution in [1.82, 2.24) is 10.2 Å². The molecule has 1 aromatic carbocycles. The van der Waals surface area contributed by atoms with Gasteiger partial charge in [-0.25, -0.2) is 0 Å². The van der Waals surface area contributed by atoms with E-state index < -0.39 is 0 Å². The SMILES string of the molecule is CCNCC1CCCN(C)C1c1ccc(Br)cc1. The summed E-state index contributed by atoms with van der Waals surface area (Å²) in [5.41, 5.74) is 1.45. The van der Waals surface area contributed by atoms with Crippen LogP contribution in [0.1, 0.15) is 31.4 Å². The second kappa shape index (κ2) is 6.69. The molecule has 0 aliphatic carbocycles. The fourth-order valence-corrected chi connectivity index (χ4v) is 3.25. The highest BCUT2D eigenvalue weighted by molar-refractivity contribution is 9.10. The lowest BCUT2D eigenvalue weighted by Gasteiger charge is -2.39. The van der Waals surface area contributed by atoms with Crippen molar-refractivity contribution in [2.24, 2.45) is 5.92 Å². The molecule has 3 heteroatoms. The molecule has 1 aliphatic rings. The molecule has 0 aromatic heterocycles. The molecule has 2 nitrogen and oxygen atoms in total. The van der Waals surface area contributed by atoms with Gasteiger partial charge in [-0.3, -0.25) is 4.90 Å². The molecule has 1 N–H and O–H groups in total. The number of likely N-dealkylation sites (tertiary alicyclic amines) is 1. The third-order valence-corrected chi connectivity index (χ3v) is 4.40. The quantitative estimate of drug-likeness (QED) is 0.916. The van der Waals surface area contributed by atoms with Crippen LogP contribution in [0.25, 0.3) is 0 Å². The second-order valence-electron chi connectivity index (χ2n) is 5.19. The Morgan fingerprint density at radius 3 is 2.72 bits per heavy atom. The van der Waals surface area contributed by atoms with Gasteiger partial charge < -0.3 is 5.32 Å². The van der Waals surface area contributed by atoms with Crippen molar-refractivity contribution in [3.8, 4) is 0 Å². The molecule has 0 amide bonds. The van der Waals surface area contributed by atoms with Gasteiger partial charge in [0.15, 0.2) is 0 Å². The molecule has 100 valence electrons. The summed E-state index contributed by atoms with van der Waals surface area (Å²) in [5.74, 6) is 0.727. The van der Waals surface area contributed by atoms with Crippen LogP contribution in [0, 0.1) is 5.92 Å². The molecular weight excluding hydrogens is 288 g/mol. The van der Waals surface area contributed by atoms with Crippen molar-refractivity contribution in [2.45, 2.75) is 25.8 Å². The van der Waals surface area contributed by atoms with Crippen LogP contribution in [0.2, 0.25) is 0 Å². The zero-order valence-corrected chi connectivity index (χ0v) is 12.9. The summed E-state index contributed by atoms with van der Waals surface area (Å²) in [6.45, 7) is 5.58. The molecular formula is C15H23BrN2. The smallest absolute Gasteiger partial charge is 0.0385 e. The van der Waals surface area contributed by atoms with E-state index in [0.717, 1.165) is 23.5 Å². The first-order valence-corrected chi connectivity index (χ1v) is 7.68. The van der Waals surface area contributed by atoms with Crippen molar-refractivity contribution in [3.63, 3.8) is 0 Å². The first kappa shape index (κ1) is 14.0. The van der Waals surface area contributed by atoms with Crippen LogP contribution in [-0.4, -0.2) is 31.6 Å². The van der Waals surface area contributed by atoms with Crippen molar-refractivity contribution < 1.29 is 0 Å². The Morgan fingerprint density at radius 2 is 2.06 bits per heavy atom. The van der Waals surface area contributed by atoms with Gasteiger partial charge in [0, 0.05) is 10.5 Å². The third-order valence-electron chi connectivity index (χ3n) is 3.88. The standard InChI is InChI=1S/C15H23BrN2/c1-3-17-11-13-5-4-10-18(2)15(13)12-6-8-14(16)9-7-12/h6-9,13,15,17H,3-5,10-11H2,1-2H3. The van der Waals surface area contributed by atoms with Crippen LogP contribution >= 0.6 is 15.9 Å². The largest absolute Gasteiger partial charge is 0.317 e. The number of rotatable bonds is 4. The molecule has 0 spiro atoms. The number of nitrogens with one attached hydrogen (secondary N) is 1. The van der Waals surface area contributed by atoms with E-state index in [4.69, 9.17) is 0 Å². The molecule has 2 unspecified atom stereocenters. The zero-order valence-electron chi connectivity index (χ0n) is 11.3. The summed E-state index contributed by atoms with van der Waals surface area (Å²) in [6, 6.07) is 9.39. The zero-order chi connectivity index (χ0) is 13.0. The highest BCUT2D eigenvalue weighted by Gasteiger charge is 2.29. The Balaban J connectivity index is 2.15. The van der Waals surface area contributed by atoms with E-state index in [9.17, 15) is 0 Å². The van der Waals surface area contributed by atoms with Crippen LogP contribution in [0.5, 0.6) is 0 Å². The molecule has 1 aliphatic heterocycles. The van der Waals surface area contributed by atoms with Crippen molar-refractivity contribution >= 4 is 15.9 Å². The summed E-state index contributed by atoms with van der Waals surface area (Å²) in [4.78, 5) is 2.51. The number of benzene rings is 1. The molecule has 1 saturated heterocycles. The fourth-order valence-electron chi connectivity index (χ4n) is 2.99. The number of hydrogen-bond donors (Lipinski definition) is 1. The van der Waals surface area contributed by atoms with Crippen LogP contribution in [-0.2, 0) is 0 Å². The van der Waals surface area contributed by atoms with Crippen molar-refractivity contribution in [2.75, 3.05) is 26.7 Å². The monoisotopic (exact) mass is 310 g/mol. The van der Waals surface area contributed by atoms with E-state index in [1.165, 1.54) is 24.9 Å². The van der Waals surface area contributed by atoms with Gasteiger partial charge in [0.25, 0.3) is 0 Å². The van der Waals surface area contributed by atoms with Gasteiger partial charge in [-0.1, -0.05) is 35.0 Å². The summed E-state index contributed by atoms with van der Waals surface area (Å²) in [7, 11) is 2.25. The third kappa shape index (κ3) is 3.34. The molecule has 1 heterocycles. The van der Waals surface area contributed by atoms with E-state index in [2.05, 4.69) is 64.4 Å². The maximum atomic E-state index is 3.52. The molecule has 18 heavy (non-hydrogen) atoms. The molecule has 1 fully saturated rings. The van der Waals surface area contributed by atoms with Gasteiger partial charge in [0.1, 0.15) is 0 Å². The Labute approximate surface area is 119 Å². The summed E-state index contributed by atoms with van der Waals surface area (Å²) >= 11 is 3.52. The molecule has 0 bridgehead atoms. The van der Waals surface area contributed by atoms with Crippen LogP contribution in [0.4, 0.5) is 0 Å². The van der Waals surface area contributed by atoms with Crippen molar-refractivity contribution in [3.05, 3.63) is 34.3 Å². The fraction of sp³-hybridized carbons (Fsp3) is 0.600. The lowest BCUT2D eigenvalue weighted by molar-refractivity contribution is 0.120. The van der Waals surface area contributed by atoms with E-state index in [-0.39, 0.29) is 0 Å². The van der Waals surface area contributed by atoms with Crippen LogP contribution in [0.15, 0.2) is 28.7 Å². The highest BCUT2D eigenvalue weighted by atomic mass is 79.9. The van der Waals surface area contributed by atoms with Crippen LogP contribution < -0.4 is 5.32 Å². The van der Waals surface area contributed by atoms with Gasteiger partial charge in [-0.15, -0.1) is 0 Å². The van der Waals surface area contributed by atoms with E-state index in [0.29, 0.717) is 6.04 Å². The van der Waals surface area contributed by atoms with E-state index in [1.54, 1.807) is 0 Å². The van der Waals surface area contributed by atoms with Gasteiger partial charge in [-0.05, 0) is 63.1 Å². The molecule has 2 atom stereocenters. The Bertz CT molecular complexity index is 363. The molecule has 0 radical (unpaired) electrons. The Morgan fingerprint density at radius 1 is 1.33 bits per heavy atom.